The van der Waals surface area contributed by atoms with E-state index in [0.29, 0.717) is 12.1 Å². The molecule has 1 N–H and O–H groups in total. The summed E-state index contributed by atoms with van der Waals surface area (Å²) in [5.74, 6) is 0.983. The zero-order chi connectivity index (χ0) is 19.1. The van der Waals surface area contributed by atoms with Gasteiger partial charge >= 0.3 is 5.69 Å². The molecule has 2 heterocycles. The summed E-state index contributed by atoms with van der Waals surface area (Å²) in [4.78, 5) is 30.8. The van der Waals surface area contributed by atoms with Crippen LogP contribution in [0.15, 0.2) is 15.8 Å². The molecule has 2 aliphatic rings. The molecule has 1 saturated carbocycles. The van der Waals surface area contributed by atoms with Gasteiger partial charge in [-0.25, -0.2) is 4.79 Å². The van der Waals surface area contributed by atoms with Gasteiger partial charge in [0.1, 0.15) is 0 Å². The van der Waals surface area contributed by atoms with Crippen LogP contribution in [0.4, 0.5) is 0 Å². The van der Waals surface area contributed by atoms with Gasteiger partial charge in [0.2, 0.25) is 0 Å². The van der Waals surface area contributed by atoms with Gasteiger partial charge in [0.25, 0.3) is 5.56 Å². The van der Waals surface area contributed by atoms with Gasteiger partial charge in [0.05, 0.1) is 0 Å². The van der Waals surface area contributed by atoms with Gasteiger partial charge in [0.15, 0.2) is 0 Å². The second-order valence-electron chi connectivity index (χ2n) is 8.45. The van der Waals surface area contributed by atoms with E-state index in [1.54, 1.807) is 17.7 Å². The standard InChI is InChI=1S/C21H36N4O2/c1-18-17-25(21(27)22-20(18)26)11-6-5-10-23-13-15-24(16-14-23)12-9-19-7-3-2-4-8-19/h17,19H,2-16H2,1H3,(H,22,26,27). The van der Waals surface area contributed by atoms with Gasteiger partial charge in [0, 0.05) is 44.5 Å². The van der Waals surface area contributed by atoms with E-state index in [1.807, 2.05) is 0 Å². The van der Waals surface area contributed by atoms with Crippen LogP contribution in [-0.4, -0.2) is 58.6 Å². The smallest absolute Gasteiger partial charge is 0.301 e. The Balaban J connectivity index is 1.29. The Morgan fingerprint density at radius 1 is 0.926 bits per heavy atom. The lowest BCUT2D eigenvalue weighted by Crippen LogP contribution is -2.47. The first kappa shape index (κ1) is 20.3. The van der Waals surface area contributed by atoms with Gasteiger partial charge in [-0.3, -0.25) is 9.78 Å². The Morgan fingerprint density at radius 3 is 2.26 bits per heavy atom. The SMILES string of the molecule is Cc1cn(CCCCN2CCN(CCC3CCCCC3)CC2)c(=O)[nH]c1=O. The molecule has 3 rings (SSSR count). The molecular formula is C21H36N4O2. The molecular weight excluding hydrogens is 340 g/mol. The summed E-state index contributed by atoms with van der Waals surface area (Å²) >= 11 is 0. The monoisotopic (exact) mass is 376 g/mol. The minimum absolute atomic E-state index is 0.280. The molecule has 1 aromatic rings. The molecule has 6 heteroatoms. The molecule has 0 spiro atoms. The summed E-state index contributed by atoms with van der Waals surface area (Å²) in [6.07, 6.45) is 12.4. The highest BCUT2D eigenvalue weighted by Gasteiger charge is 2.19. The number of unbranched alkanes of at least 4 members (excludes halogenated alkanes) is 1. The van der Waals surface area contributed by atoms with Crippen molar-refractivity contribution in [2.75, 3.05) is 39.3 Å². The van der Waals surface area contributed by atoms with Crippen molar-refractivity contribution in [3.63, 3.8) is 0 Å². The number of H-pyrrole nitrogens is 1. The Morgan fingerprint density at radius 2 is 1.56 bits per heavy atom. The minimum Gasteiger partial charge on any atom is -0.301 e. The van der Waals surface area contributed by atoms with E-state index in [0.717, 1.165) is 25.3 Å². The second-order valence-corrected chi connectivity index (χ2v) is 8.45. The van der Waals surface area contributed by atoms with Crippen LogP contribution < -0.4 is 11.2 Å². The Kier molecular flexibility index (Phi) is 7.70. The predicted molar refractivity (Wildman–Crippen MR) is 109 cm³/mol. The predicted octanol–water partition coefficient (Wildman–Crippen LogP) is 2.21. The Labute approximate surface area is 162 Å². The summed E-state index contributed by atoms with van der Waals surface area (Å²) < 4.78 is 1.62. The van der Waals surface area contributed by atoms with E-state index in [2.05, 4.69) is 14.8 Å². The molecule has 1 aliphatic carbocycles. The van der Waals surface area contributed by atoms with E-state index in [1.165, 1.54) is 71.2 Å². The number of aromatic amines is 1. The van der Waals surface area contributed by atoms with Crippen LogP contribution in [0.25, 0.3) is 0 Å². The summed E-state index contributed by atoms with van der Waals surface area (Å²) in [5, 5.41) is 0. The molecule has 0 unspecified atom stereocenters. The zero-order valence-corrected chi connectivity index (χ0v) is 16.9. The van der Waals surface area contributed by atoms with Crippen molar-refractivity contribution in [2.24, 2.45) is 5.92 Å². The minimum atomic E-state index is -0.294. The van der Waals surface area contributed by atoms with E-state index in [-0.39, 0.29) is 11.2 Å². The molecule has 0 aromatic carbocycles. The van der Waals surface area contributed by atoms with Crippen molar-refractivity contribution in [1.29, 1.82) is 0 Å². The van der Waals surface area contributed by atoms with Crippen molar-refractivity contribution in [2.45, 2.75) is 64.8 Å². The van der Waals surface area contributed by atoms with Gasteiger partial charge in [-0.2, -0.15) is 0 Å². The van der Waals surface area contributed by atoms with Crippen LogP contribution in [0.1, 0.15) is 56.9 Å². The van der Waals surface area contributed by atoms with Crippen LogP contribution in [0.2, 0.25) is 0 Å². The highest BCUT2D eigenvalue weighted by Crippen LogP contribution is 2.26. The second kappa shape index (κ2) is 10.2. The van der Waals surface area contributed by atoms with Crippen molar-refractivity contribution in [3.05, 3.63) is 32.6 Å². The molecule has 6 nitrogen and oxygen atoms in total. The average molecular weight is 377 g/mol. The summed E-state index contributed by atoms with van der Waals surface area (Å²) in [6.45, 7) is 9.54. The molecule has 1 saturated heterocycles. The number of hydrogen-bond donors (Lipinski definition) is 1. The maximum atomic E-state index is 11.8. The third-order valence-corrected chi connectivity index (χ3v) is 6.36. The van der Waals surface area contributed by atoms with E-state index < -0.39 is 0 Å². The zero-order valence-electron chi connectivity index (χ0n) is 16.9. The van der Waals surface area contributed by atoms with E-state index in [9.17, 15) is 9.59 Å². The van der Waals surface area contributed by atoms with Gasteiger partial charge in [-0.05, 0) is 45.2 Å². The first-order valence-electron chi connectivity index (χ1n) is 10.9. The van der Waals surface area contributed by atoms with Crippen molar-refractivity contribution in [1.82, 2.24) is 19.4 Å². The third-order valence-electron chi connectivity index (χ3n) is 6.36. The Hall–Kier alpha value is -1.40. The lowest BCUT2D eigenvalue weighted by atomic mass is 9.87. The van der Waals surface area contributed by atoms with E-state index in [4.69, 9.17) is 0 Å². The normalized spacial score (nSPS) is 20.2. The molecule has 27 heavy (non-hydrogen) atoms. The van der Waals surface area contributed by atoms with Crippen molar-refractivity contribution in [3.8, 4) is 0 Å². The average Bonchev–Trinajstić information content (AvgIpc) is 2.69. The van der Waals surface area contributed by atoms with E-state index >= 15 is 0 Å². The van der Waals surface area contributed by atoms with Crippen LogP contribution in [0.5, 0.6) is 0 Å². The number of aryl methyl sites for hydroxylation is 2. The largest absolute Gasteiger partial charge is 0.328 e. The maximum Gasteiger partial charge on any atom is 0.328 e. The lowest BCUT2D eigenvalue weighted by Gasteiger charge is -2.35. The van der Waals surface area contributed by atoms with Crippen LogP contribution >= 0.6 is 0 Å². The number of piperazine rings is 1. The van der Waals surface area contributed by atoms with Gasteiger partial charge < -0.3 is 14.4 Å². The summed E-state index contributed by atoms with van der Waals surface area (Å²) in [7, 11) is 0. The first-order valence-corrected chi connectivity index (χ1v) is 10.9. The highest BCUT2D eigenvalue weighted by molar-refractivity contribution is 5.00. The topological polar surface area (TPSA) is 61.3 Å². The number of rotatable bonds is 8. The van der Waals surface area contributed by atoms with Crippen LogP contribution in [0, 0.1) is 12.8 Å². The molecule has 0 atom stereocenters. The number of nitrogens with zero attached hydrogens (tertiary/aromatic N) is 3. The van der Waals surface area contributed by atoms with Crippen LogP contribution in [0.3, 0.4) is 0 Å². The molecule has 0 amide bonds. The molecule has 1 aliphatic heterocycles. The lowest BCUT2D eigenvalue weighted by molar-refractivity contribution is 0.122. The molecule has 0 radical (unpaired) electrons. The fourth-order valence-electron chi connectivity index (χ4n) is 4.48. The number of hydrogen-bond acceptors (Lipinski definition) is 4. The fourth-order valence-corrected chi connectivity index (χ4v) is 4.48. The third kappa shape index (κ3) is 6.32. The Bertz CT molecular complexity index is 682. The number of nitrogens with one attached hydrogen (secondary N) is 1. The van der Waals surface area contributed by atoms with Crippen LogP contribution in [-0.2, 0) is 6.54 Å². The fraction of sp³-hybridized carbons (Fsp3) is 0.810. The maximum absolute atomic E-state index is 11.8. The highest BCUT2D eigenvalue weighted by atomic mass is 16.2. The van der Waals surface area contributed by atoms with Crippen molar-refractivity contribution < 1.29 is 0 Å². The van der Waals surface area contributed by atoms with Gasteiger partial charge in [-0.1, -0.05) is 32.1 Å². The number of aromatic nitrogens is 2. The van der Waals surface area contributed by atoms with Crippen molar-refractivity contribution >= 4 is 0 Å². The summed E-state index contributed by atoms with van der Waals surface area (Å²) in [6, 6.07) is 0. The quantitative estimate of drug-likeness (QED) is 0.707. The molecule has 0 bridgehead atoms. The molecule has 152 valence electrons. The first-order chi connectivity index (χ1) is 13.1. The van der Waals surface area contributed by atoms with Gasteiger partial charge in [-0.15, -0.1) is 0 Å². The summed E-state index contributed by atoms with van der Waals surface area (Å²) in [5.41, 5.74) is 0.0220. The molecule has 2 fully saturated rings. The molecule has 1 aromatic heterocycles.